The van der Waals surface area contributed by atoms with Gasteiger partial charge in [0.15, 0.2) is 0 Å². The lowest BCUT2D eigenvalue weighted by Gasteiger charge is -2.07. The Labute approximate surface area is 80.9 Å². The summed E-state index contributed by atoms with van der Waals surface area (Å²) in [5.74, 6) is 0.377. The highest BCUT2D eigenvalue weighted by atomic mass is 32.2. The molecule has 0 atom stereocenters. The van der Waals surface area contributed by atoms with Gasteiger partial charge in [0.25, 0.3) is 0 Å². The molecule has 0 aromatic heterocycles. The van der Waals surface area contributed by atoms with E-state index in [9.17, 15) is 8.42 Å². The van der Waals surface area contributed by atoms with E-state index in [2.05, 4.69) is 4.72 Å². The Morgan fingerprint density at radius 1 is 1.31 bits per heavy atom. The van der Waals surface area contributed by atoms with Crippen molar-refractivity contribution in [2.24, 2.45) is 11.7 Å². The van der Waals surface area contributed by atoms with Crippen LogP contribution in [-0.2, 0) is 10.0 Å². The van der Waals surface area contributed by atoms with E-state index in [1.807, 2.05) is 13.8 Å². The van der Waals surface area contributed by atoms with E-state index in [0.717, 1.165) is 12.8 Å². The molecule has 0 saturated heterocycles. The van der Waals surface area contributed by atoms with Crippen molar-refractivity contribution < 1.29 is 8.42 Å². The lowest BCUT2D eigenvalue weighted by atomic mass is 10.3. The number of unbranched alkanes of at least 4 members (excludes halogenated alkanes) is 1. The van der Waals surface area contributed by atoms with Gasteiger partial charge in [0.1, 0.15) is 0 Å². The molecule has 0 fully saturated rings. The third kappa shape index (κ3) is 8.21. The Bertz CT molecular complexity index is 212. The summed E-state index contributed by atoms with van der Waals surface area (Å²) in [7, 11) is -3.05. The van der Waals surface area contributed by atoms with Crippen LogP contribution in [0.2, 0.25) is 0 Å². The van der Waals surface area contributed by atoms with Crippen LogP contribution in [0.4, 0.5) is 0 Å². The van der Waals surface area contributed by atoms with Crippen molar-refractivity contribution in [3.8, 4) is 0 Å². The second-order valence-electron chi connectivity index (χ2n) is 3.57. The molecule has 0 radical (unpaired) electrons. The minimum absolute atomic E-state index is 0.173. The lowest BCUT2D eigenvalue weighted by Crippen LogP contribution is -2.29. The molecule has 80 valence electrons. The van der Waals surface area contributed by atoms with E-state index in [-0.39, 0.29) is 11.7 Å². The number of hydrogen-bond donors (Lipinski definition) is 2. The van der Waals surface area contributed by atoms with Gasteiger partial charge in [-0.3, -0.25) is 0 Å². The SMILES string of the molecule is CC(C)CS(=O)(=O)NCCCCN. The molecule has 0 aliphatic rings. The van der Waals surface area contributed by atoms with Crippen LogP contribution in [0, 0.1) is 5.92 Å². The molecule has 0 bridgehead atoms. The normalized spacial score (nSPS) is 12.3. The van der Waals surface area contributed by atoms with Crippen molar-refractivity contribution in [1.29, 1.82) is 0 Å². The summed E-state index contributed by atoms with van der Waals surface area (Å²) >= 11 is 0. The van der Waals surface area contributed by atoms with Gasteiger partial charge in [-0.25, -0.2) is 13.1 Å². The Hall–Kier alpha value is -0.130. The van der Waals surface area contributed by atoms with Crippen molar-refractivity contribution in [3.05, 3.63) is 0 Å². The van der Waals surface area contributed by atoms with Gasteiger partial charge in [0.2, 0.25) is 10.0 Å². The zero-order valence-corrected chi connectivity index (χ0v) is 9.23. The van der Waals surface area contributed by atoms with E-state index in [1.54, 1.807) is 0 Å². The second kappa shape index (κ2) is 6.34. The van der Waals surface area contributed by atoms with Crippen molar-refractivity contribution in [2.45, 2.75) is 26.7 Å². The zero-order valence-electron chi connectivity index (χ0n) is 8.41. The number of sulfonamides is 1. The Morgan fingerprint density at radius 2 is 1.92 bits per heavy atom. The first-order chi connectivity index (χ1) is 5.98. The molecule has 0 spiro atoms. The van der Waals surface area contributed by atoms with Gasteiger partial charge in [0.05, 0.1) is 5.75 Å². The molecular weight excluding hydrogens is 188 g/mol. The molecule has 0 heterocycles. The summed E-state index contributed by atoms with van der Waals surface area (Å²) < 4.78 is 25.1. The maximum absolute atomic E-state index is 11.3. The monoisotopic (exact) mass is 208 g/mol. The molecule has 4 nitrogen and oxygen atoms in total. The second-order valence-corrected chi connectivity index (χ2v) is 5.42. The highest BCUT2D eigenvalue weighted by Gasteiger charge is 2.10. The van der Waals surface area contributed by atoms with Gasteiger partial charge >= 0.3 is 0 Å². The molecule has 0 unspecified atom stereocenters. The quantitative estimate of drug-likeness (QED) is 0.591. The largest absolute Gasteiger partial charge is 0.330 e. The Kier molecular flexibility index (Phi) is 6.28. The lowest BCUT2D eigenvalue weighted by molar-refractivity contribution is 0.564. The van der Waals surface area contributed by atoms with E-state index in [0.29, 0.717) is 13.1 Å². The smallest absolute Gasteiger partial charge is 0.211 e. The average molecular weight is 208 g/mol. The Balaban J connectivity index is 3.64. The van der Waals surface area contributed by atoms with Crippen molar-refractivity contribution in [2.75, 3.05) is 18.8 Å². The fraction of sp³-hybridized carbons (Fsp3) is 1.00. The molecule has 0 amide bonds. The van der Waals surface area contributed by atoms with E-state index in [4.69, 9.17) is 5.73 Å². The number of rotatable bonds is 7. The zero-order chi connectivity index (χ0) is 10.3. The van der Waals surface area contributed by atoms with Gasteiger partial charge in [0, 0.05) is 6.54 Å². The summed E-state index contributed by atoms with van der Waals surface area (Å²) in [6.07, 6.45) is 1.68. The van der Waals surface area contributed by atoms with Gasteiger partial charge < -0.3 is 5.73 Å². The van der Waals surface area contributed by atoms with Crippen molar-refractivity contribution in [1.82, 2.24) is 4.72 Å². The molecule has 0 aliphatic carbocycles. The molecule has 0 aliphatic heterocycles. The van der Waals surface area contributed by atoms with E-state index in [1.165, 1.54) is 0 Å². The molecule has 5 heteroatoms. The topological polar surface area (TPSA) is 72.2 Å². The van der Waals surface area contributed by atoms with Crippen LogP contribution in [0.1, 0.15) is 26.7 Å². The van der Waals surface area contributed by atoms with Crippen LogP contribution in [0.25, 0.3) is 0 Å². The third-order valence-corrected chi connectivity index (χ3v) is 3.26. The molecule has 0 aromatic carbocycles. The fourth-order valence-electron chi connectivity index (χ4n) is 0.995. The van der Waals surface area contributed by atoms with Gasteiger partial charge in [-0.2, -0.15) is 0 Å². The molecule has 0 rings (SSSR count). The summed E-state index contributed by atoms with van der Waals surface area (Å²) in [5, 5.41) is 0. The first kappa shape index (κ1) is 12.9. The number of nitrogens with one attached hydrogen (secondary N) is 1. The van der Waals surface area contributed by atoms with Gasteiger partial charge in [-0.15, -0.1) is 0 Å². The van der Waals surface area contributed by atoms with Crippen LogP contribution in [0.15, 0.2) is 0 Å². The standard InChI is InChI=1S/C8H20N2O2S/c1-8(2)7-13(11,12)10-6-4-3-5-9/h8,10H,3-7,9H2,1-2H3. The number of hydrogen-bond acceptors (Lipinski definition) is 3. The average Bonchev–Trinajstić information content (AvgIpc) is 1.95. The van der Waals surface area contributed by atoms with Gasteiger partial charge in [-0.05, 0) is 25.3 Å². The Morgan fingerprint density at radius 3 is 2.38 bits per heavy atom. The van der Waals surface area contributed by atoms with Crippen LogP contribution in [0.3, 0.4) is 0 Å². The third-order valence-electron chi connectivity index (χ3n) is 1.51. The maximum atomic E-state index is 11.3. The molecule has 0 saturated carbocycles. The van der Waals surface area contributed by atoms with Gasteiger partial charge in [-0.1, -0.05) is 13.8 Å². The maximum Gasteiger partial charge on any atom is 0.211 e. The summed E-state index contributed by atoms with van der Waals surface area (Å²) in [6, 6.07) is 0. The van der Waals surface area contributed by atoms with E-state index < -0.39 is 10.0 Å². The first-order valence-electron chi connectivity index (χ1n) is 4.65. The minimum Gasteiger partial charge on any atom is -0.330 e. The first-order valence-corrected chi connectivity index (χ1v) is 6.30. The van der Waals surface area contributed by atoms with Crippen LogP contribution < -0.4 is 10.5 Å². The van der Waals surface area contributed by atoms with Crippen molar-refractivity contribution >= 4 is 10.0 Å². The van der Waals surface area contributed by atoms with Crippen LogP contribution in [-0.4, -0.2) is 27.3 Å². The fourth-order valence-corrected chi connectivity index (χ4v) is 2.45. The molecular formula is C8H20N2O2S. The summed E-state index contributed by atoms with van der Waals surface area (Å²) in [5.41, 5.74) is 5.28. The predicted octanol–water partition coefficient (Wildman–Crippen LogP) is 0.301. The minimum atomic E-state index is -3.05. The van der Waals surface area contributed by atoms with Crippen LogP contribution >= 0.6 is 0 Å². The molecule has 0 aromatic rings. The number of nitrogens with two attached hydrogens (primary N) is 1. The summed E-state index contributed by atoms with van der Waals surface area (Å²) in [6.45, 7) is 4.90. The predicted molar refractivity (Wildman–Crippen MR) is 54.9 cm³/mol. The molecule has 13 heavy (non-hydrogen) atoms. The molecule has 3 N–H and O–H groups in total. The highest BCUT2D eigenvalue weighted by Crippen LogP contribution is 1.97. The van der Waals surface area contributed by atoms with Crippen molar-refractivity contribution in [3.63, 3.8) is 0 Å². The summed E-state index contributed by atoms with van der Waals surface area (Å²) in [4.78, 5) is 0. The highest BCUT2D eigenvalue weighted by molar-refractivity contribution is 7.89. The van der Waals surface area contributed by atoms with Crippen LogP contribution in [0.5, 0.6) is 0 Å². The van der Waals surface area contributed by atoms with E-state index >= 15 is 0 Å².